The lowest BCUT2D eigenvalue weighted by Crippen LogP contribution is -2.33. The van der Waals surface area contributed by atoms with E-state index in [0.29, 0.717) is 12.3 Å². The largest absolute Gasteiger partial charge is 0.306 e. The Hall–Kier alpha value is -1.34. The lowest BCUT2D eigenvalue weighted by atomic mass is 9.87. The molecule has 1 aliphatic heterocycles. The summed E-state index contributed by atoms with van der Waals surface area (Å²) in [4.78, 5) is 4.58. The number of nitrogens with zero attached hydrogens (tertiary/aromatic N) is 2. The van der Waals surface area contributed by atoms with Crippen LogP contribution in [0.2, 0.25) is 0 Å². The Labute approximate surface area is 120 Å². The molecule has 1 N–H and O–H groups in total. The minimum absolute atomic E-state index is 0.435. The fourth-order valence-corrected chi connectivity index (χ4v) is 3.01. The number of hydrazine groups is 1. The van der Waals surface area contributed by atoms with E-state index in [9.17, 15) is 8.42 Å². The van der Waals surface area contributed by atoms with E-state index in [0.717, 1.165) is 30.5 Å². The first-order chi connectivity index (χ1) is 9.33. The molecule has 0 aromatic heterocycles. The van der Waals surface area contributed by atoms with E-state index in [4.69, 9.17) is 4.18 Å². The molecule has 2 atom stereocenters. The summed E-state index contributed by atoms with van der Waals surface area (Å²) in [6, 6.07) is 0. The van der Waals surface area contributed by atoms with Crippen LogP contribution < -0.4 is 5.43 Å². The fourth-order valence-electron chi connectivity index (χ4n) is 2.38. The lowest BCUT2D eigenvalue weighted by Gasteiger charge is -2.28. The average molecular weight is 299 g/mol. The molecule has 7 heteroatoms. The second-order valence-corrected chi connectivity index (χ2v) is 7.01. The SMILES string of the molecule is CC1CCC(OS(C)(=O)=O)C(=NC2=CN(C)NC=C2)C1. The van der Waals surface area contributed by atoms with Gasteiger partial charge in [-0.1, -0.05) is 6.92 Å². The van der Waals surface area contributed by atoms with E-state index < -0.39 is 16.2 Å². The molecule has 1 saturated carbocycles. The summed E-state index contributed by atoms with van der Waals surface area (Å²) in [5, 5.41) is 1.79. The van der Waals surface area contributed by atoms with Crippen LogP contribution in [0, 0.1) is 5.92 Å². The van der Waals surface area contributed by atoms with Crippen LogP contribution in [-0.2, 0) is 14.3 Å². The molecule has 1 aliphatic carbocycles. The average Bonchev–Trinajstić information content (AvgIpc) is 2.31. The molecule has 2 unspecified atom stereocenters. The summed E-state index contributed by atoms with van der Waals surface area (Å²) >= 11 is 0. The van der Waals surface area contributed by atoms with Crippen molar-refractivity contribution in [3.8, 4) is 0 Å². The third kappa shape index (κ3) is 4.35. The molecule has 0 aromatic carbocycles. The predicted octanol–water partition coefficient (Wildman–Crippen LogP) is 1.40. The summed E-state index contributed by atoms with van der Waals surface area (Å²) in [6.45, 7) is 2.14. The van der Waals surface area contributed by atoms with Crippen molar-refractivity contribution < 1.29 is 12.6 Å². The van der Waals surface area contributed by atoms with Crippen LogP contribution >= 0.6 is 0 Å². The lowest BCUT2D eigenvalue weighted by molar-refractivity contribution is 0.233. The molecule has 0 radical (unpaired) electrons. The Balaban J connectivity index is 2.21. The van der Waals surface area contributed by atoms with Gasteiger partial charge in [-0.3, -0.25) is 14.2 Å². The Kier molecular flexibility index (Phi) is 4.49. The zero-order valence-electron chi connectivity index (χ0n) is 12.0. The third-order valence-corrected chi connectivity index (χ3v) is 3.85. The minimum Gasteiger partial charge on any atom is -0.306 e. The van der Waals surface area contributed by atoms with Gasteiger partial charge >= 0.3 is 0 Å². The molecular weight excluding hydrogens is 278 g/mol. The molecule has 6 nitrogen and oxygen atoms in total. The zero-order chi connectivity index (χ0) is 14.8. The van der Waals surface area contributed by atoms with E-state index in [1.54, 1.807) is 11.2 Å². The smallest absolute Gasteiger partial charge is 0.265 e. The molecule has 0 bridgehead atoms. The van der Waals surface area contributed by atoms with Gasteiger partial charge in [-0.15, -0.1) is 0 Å². The molecule has 2 aliphatic rings. The van der Waals surface area contributed by atoms with Crippen LogP contribution in [0.15, 0.2) is 29.2 Å². The molecule has 112 valence electrons. The number of hydrogen-bond acceptors (Lipinski definition) is 6. The van der Waals surface area contributed by atoms with Crippen LogP contribution in [0.4, 0.5) is 0 Å². The van der Waals surface area contributed by atoms with Crippen molar-refractivity contribution in [3.63, 3.8) is 0 Å². The number of hydrogen-bond donors (Lipinski definition) is 1. The highest BCUT2D eigenvalue weighted by Gasteiger charge is 2.28. The molecule has 1 fully saturated rings. The van der Waals surface area contributed by atoms with Gasteiger partial charge < -0.3 is 5.43 Å². The van der Waals surface area contributed by atoms with E-state index in [2.05, 4.69) is 17.3 Å². The highest BCUT2D eigenvalue weighted by atomic mass is 32.2. The van der Waals surface area contributed by atoms with Gasteiger partial charge in [0.1, 0.15) is 6.10 Å². The van der Waals surface area contributed by atoms with Gasteiger partial charge in [0.05, 0.1) is 12.0 Å². The maximum Gasteiger partial charge on any atom is 0.265 e. The van der Waals surface area contributed by atoms with E-state index in [-0.39, 0.29) is 0 Å². The standard InChI is InChI=1S/C13H21N3O3S/c1-10-4-5-13(19-20(3,17)18)12(8-10)15-11-6-7-14-16(2)9-11/h6-7,9-10,13-14H,4-5,8H2,1-3H3. The predicted molar refractivity (Wildman–Crippen MR) is 78.3 cm³/mol. The summed E-state index contributed by atoms with van der Waals surface area (Å²) in [7, 11) is -1.59. The maximum absolute atomic E-state index is 11.3. The molecule has 2 rings (SSSR count). The third-order valence-electron chi connectivity index (χ3n) is 3.27. The minimum atomic E-state index is -3.47. The second kappa shape index (κ2) is 5.97. The van der Waals surface area contributed by atoms with Crippen molar-refractivity contribution in [2.45, 2.75) is 32.3 Å². The molecule has 0 amide bonds. The first kappa shape index (κ1) is 15.1. The van der Waals surface area contributed by atoms with Crippen molar-refractivity contribution in [2.75, 3.05) is 13.3 Å². The highest BCUT2D eigenvalue weighted by molar-refractivity contribution is 7.86. The number of rotatable bonds is 3. The van der Waals surface area contributed by atoms with Crippen molar-refractivity contribution in [1.29, 1.82) is 0 Å². The van der Waals surface area contributed by atoms with Crippen LogP contribution in [0.25, 0.3) is 0 Å². The number of allylic oxidation sites excluding steroid dienone is 1. The summed E-state index contributed by atoms with van der Waals surface area (Å²) < 4.78 is 27.9. The van der Waals surface area contributed by atoms with Gasteiger partial charge in [-0.2, -0.15) is 8.42 Å². The first-order valence-electron chi connectivity index (χ1n) is 6.66. The summed E-state index contributed by atoms with van der Waals surface area (Å²) in [5.41, 5.74) is 4.58. The monoisotopic (exact) mass is 299 g/mol. The van der Waals surface area contributed by atoms with Gasteiger partial charge in [0, 0.05) is 25.2 Å². The Morgan fingerprint density at radius 1 is 1.45 bits per heavy atom. The van der Waals surface area contributed by atoms with Crippen LogP contribution in [0.3, 0.4) is 0 Å². The Morgan fingerprint density at radius 3 is 2.85 bits per heavy atom. The molecule has 1 heterocycles. The van der Waals surface area contributed by atoms with Gasteiger partial charge in [0.15, 0.2) is 0 Å². The first-order valence-corrected chi connectivity index (χ1v) is 8.48. The topological polar surface area (TPSA) is 71.0 Å². The molecule has 0 saturated heterocycles. The van der Waals surface area contributed by atoms with Crippen LogP contribution in [0.1, 0.15) is 26.2 Å². The van der Waals surface area contributed by atoms with E-state index in [1.165, 1.54) is 0 Å². The Bertz CT molecular complexity index is 551. The van der Waals surface area contributed by atoms with E-state index in [1.807, 2.05) is 19.3 Å². The van der Waals surface area contributed by atoms with Gasteiger partial charge in [0.25, 0.3) is 10.1 Å². The molecule has 0 aromatic rings. The fraction of sp³-hybridized carbons (Fsp3) is 0.615. The Morgan fingerprint density at radius 2 is 2.20 bits per heavy atom. The summed E-state index contributed by atoms with van der Waals surface area (Å²) in [6.07, 6.45) is 8.55. The van der Waals surface area contributed by atoms with Crippen molar-refractivity contribution in [1.82, 2.24) is 10.4 Å². The van der Waals surface area contributed by atoms with Crippen LogP contribution in [0.5, 0.6) is 0 Å². The number of aliphatic imine (C=N–C) groups is 1. The van der Waals surface area contributed by atoms with Crippen molar-refractivity contribution >= 4 is 15.8 Å². The van der Waals surface area contributed by atoms with Crippen molar-refractivity contribution in [3.05, 3.63) is 24.2 Å². The van der Waals surface area contributed by atoms with E-state index >= 15 is 0 Å². The van der Waals surface area contributed by atoms with Crippen LogP contribution in [-0.4, -0.2) is 38.5 Å². The van der Waals surface area contributed by atoms with Crippen molar-refractivity contribution in [2.24, 2.45) is 10.9 Å². The molecular formula is C13H21N3O3S. The zero-order valence-corrected chi connectivity index (χ0v) is 12.9. The number of nitrogens with one attached hydrogen (secondary N) is 1. The second-order valence-electron chi connectivity index (χ2n) is 5.41. The normalized spacial score (nSPS) is 29.2. The van der Waals surface area contributed by atoms with Gasteiger partial charge in [-0.25, -0.2) is 0 Å². The molecule has 20 heavy (non-hydrogen) atoms. The van der Waals surface area contributed by atoms with Gasteiger partial charge in [0.2, 0.25) is 0 Å². The maximum atomic E-state index is 11.3. The molecule has 0 spiro atoms. The highest BCUT2D eigenvalue weighted by Crippen LogP contribution is 2.26. The quantitative estimate of drug-likeness (QED) is 0.798. The van der Waals surface area contributed by atoms with Gasteiger partial charge in [-0.05, 0) is 31.3 Å². The summed E-state index contributed by atoms with van der Waals surface area (Å²) in [5.74, 6) is 0.497.